The minimum Gasteiger partial charge on any atom is -0.369 e. The van der Waals surface area contributed by atoms with Gasteiger partial charge in [0.05, 0.1) is 17.3 Å². The number of nitrogens with zero attached hydrogens (tertiary/aromatic N) is 6. The van der Waals surface area contributed by atoms with E-state index in [1.165, 1.54) is 30.1 Å². The Morgan fingerprint density at radius 1 is 1.17 bits per heavy atom. The number of aromatic nitrogens is 6. The van der Waals surface area contributed by atoms with E-state index in [-0.39, 0.29) is 0 Å². The average molecular weight is 325 g/mol. The van der Waals surface area contributed by atoms with Gasteiger partial charge in [0.1, 0.15) is 17.5 Å². The Kier molecular flexibility index (Phi) is 3.70. The van der Waals surface area contributed by atoms with Crippen LogP contribution in [0.4, 0.5) is 5.82 Å². The summed E-state index contributed by atoms with van der Waals surface area (Å²) in [5, 5.41) is 8.72. The normalized spacial score (nSPS) is 14.1. The van der Waals surface area contributed by atoms with E-state index < -0.39 is 0 Å². The topological polar surface area (TPSA) is 73.5 Å². The van der Waals surface area contributed by atoms with Crippen LogP contribution in [0.3, 0.4) is 0 Å². The number of rotatable bonds is 4. The van der Waals surface area contributed by atoms with E-state index in [1.54, 1.807) is 4.68 Å². The largest absolute Gasteiger partial charge is 0.369 e. The van der Waals surface area contributed by atoms with Gasteiger partial charge in [0.15, 0.2) is 5.65 Å². The van der Waals surface area contributed by atoms with Crippen molar-refractivity contribution in [3.8, 4) is 0 Å². The Labute approximate surface area is 141 Å². The highest BCUT2D eigenvalue weighted by atomic mass is 15.3. The molecule has 126 valence electrons. The van der Waals surface area contributed by atoms with Crippen molar-refractivity contribution < 1.29 is 0 Å². The van der Waals surface area contributed by atoms with Gasteiger partial charge < -0.3 is 9.88 Å². The molecule has 0 amide bonds. The van der Waals surface area contributed by atoms with E-state index >= 15 is 0 Å². The third kappa shape index (κ3) is 2.53. The van der Waals surface area contributed by atoms with Gasteiger partial charge in [-0.25, -0.2) is 15.0 Å². The molecule has 0 saturated carbocycles. The number of fused-ring (bicyclic) bond motifs is 2. The lowest BCUT2D eigenvalue weighted by molar-refractivity contribution is 0.508. The summed E-state index contributed by atoms with van der Waals surface area (Å²) in [5.74, 6) is 2.87. The summed E-state index contributed by atoms with van der Waals surface area (Å²) < 4.78 is 4.19. The van der Waals surface area contributed by atoms with Gasteiger partial charge in [-0.15, -0.1) is 0 Å². The van der Waals surface area contributed by atoms with Crippen molar-refractivity contribution in [2.24, 2.45) is 7.05 Å². The van der Waals surface area contributed by atoms with Gasteiger partial charge in [0, 0.05) is 38.7 Å². The molecule has 0 atom stereocenters. The van der Waals surface area contributed by atoms with Crippen LogP contribution < -0.4 is 5.32 Å². The Morgan fingerprint density at radius 3 is 2.92 bits per heavy atom. The molecule has 0 radical (unpaired) electrons. The zero-order valence-electron chi connectivity index (χ0n) is 14.5. The first-order chi connectivity index (χ1) is 11.6. The molecule has 3 aromatic rings. The number of hydrogen-bond donors (Lipinski definition) is 1. The van der Waals surface area contributed by atoms with E-state index in [0.717, 1.165) is 48.6 Å². The summed E-state index contributed by atoms with van der Waals surface area (Å²) in [7, 11) is 1.90. The van der Waals surface area contributed by atoms with Crippen LogP contribution in [0.25, 0.3) is 11.0 Å². The molecular weight excluding hydrogens is 302 g/mol. The number of anilines is 1. The molecule has 0 aromatic carbocycles. The smallest absolute Gasteiger partial charge is 0.163 e. The van der Waals surface area contributed by atoms with E-state index in [1.807, 2.05) is 20.2 Å². The first kappa shape index (κ1) is 15.1. The molecule has 1 aliphatic heterocycles. The lowest BCUT2D eigenvalue weighted by atomic mass is 10.1. The van der Waals surface area contributed by atoms with Gasteiger partial charge in [-0.3, -0.25) is 4.68 Å². The Hall–Kier alpha value is -2.44. The number of hydrogen-bond acceptors (Lipinski definition) is 5. The van der Waals surface area contributed by atoms with Gasteiger partial charge in [0.2, 0.25) is 0 Å². The monoisotopic (exact) mass is 325 g/mol. The molecule has 7 nitrogen and oxygen atoms in total. The molecule has 4 heterocycles. The summed E-state index contributed by atoms with van der Waals surface area (Å²) >= 11 is 0. The van der Waals surface area contributed by atoms with Gasteiger partial charge >= 0.3 is 0 Å². The lowest BCUT2D eigenvalue weighted by Crippen LogP contribution is -2.16. The standard InChI is InChI=1S/C17H23N7/c1-11-14(24-9-5-4-6-15(24)20-11)7-8-18-16-13-10-19-23(3)17(13)22-12(2)21-16/h10H,4-9H2,1-3H3,(H,18,21,22). The van der Waals surface area contributed by atoms with Crippen molar-refractivity contribution in [1.29, 1.82) is 0 Å². The maximum absolute atomic E-state index is 4.74. The first-order valence-electron chi connectivity index (χ1n) is 8.58. The van der Waals surface area contributed by atoms with Gasteiger partial charge in [-0.1, -0.05) is 0 Å². The number of imidazole rings is 1. The SMILES string of the molecule is Cc1nc(NCCc2c(C)nc3n2CCCC3)c2cnn(C)c2n1. The van der Waals surface area contributed by atoms with Crippen LogP contribution in [-0.4, -0.2) is 35.8 Å². The highest BCUT2D eigenvalue weighted by Crippen LogP contribution is 2.21. The summed E-state index contributed by atoms with van der Waals surface area (Å²) in [6.45, 7) is 5.96. The predicted octanol–water partition coefficient (Wildman–Crippen LogP) is 2.17. The zero-order valence-corrected chi connectivity index (χ0v) is 14.5. The van der Waals surface area contributed by atoms with E-state index in [9.17, 15) is 0 Å². The molecule has 0 unspecified atom stereocenters. The first-order valence-corrected chi connectivity index (χ1v) is 8.58. The van der Waals surface area contributed by atoms with Crippen LogP contribution in [-0.2, 0) is 26.4 Å². The molecule has 3 aromatic heterocycles. The van der Waals surface area contributed by atoms with Crippen molar-refractivity contribution in [1.82, 2.24) is 29.3 Å². The summed E-state index contributed by atoms with van der Waals surface area (Å²) in [5.41, 5.74) is 3.38. The van der Waals surface area contributed by atoms with Gasteiger partial charge in [-0.2, -0.15) is 5.10 Å². The van der Waals surface area contributed by atoms with Gasteiger partial charge in [-0.05, 0) is 26.7 Å². The van der Waals surface area contributed by atoms with Gasteiger partial charge in [0.25, 0.3) is 0 Å². The molecule has 4 rings (SSSR count). The third-order valence-electron chi connectivity index (χ3n) is 4.74. The van der Waals surface area contributed by atoms with E-state index in [2.05, 4.69) is 31.9 Å². The zero-order chi connectivity index (χ0) is 16.7. The molecule has 0 spiro atoms. The molecule has 24 heavy (non-hydrogen) atoms. The Bertz CT molecular complexity index is 890. The highest BCUT2D eigenvalue weighted by molar-refractivity contribution is 5.86. The third-order valence-corrected chi connectivity index (χ3v) is 4.74. The molecule has 1 N–H and O–H groups in total. The quantitative estimate of drug-likeness (QED) is 0.796. The van der Waals surface area contributed by atoms with Crippen LogP contribution in [0.15, 0.2) is 6.20 Å². The van der Waals surface area contributed by atoms with E-state index in [0.29, 0.717) is 0 Å². The molecule has 0 bridgehead atoms. The minimum absolute atomic E-state index is 0.756. The second-order valence-corrected chi connectivity index (χ2v) is 6.47. The van der Waals surface area contributed by atoms with Crippen molar-refractivity contribution in [2.45, 2.75) is 46.1 Å². The maximum Gasteiger partial charge on any atom is 0.163 e. The molecule has 0 fully saturated rings. The molecule has 0 saturated heterocycles. The number of nitrogens with one attached hydrogen (secondary N) is 1. The van der Waals surface area contributed by atoms with Crippen LogP contribution in [0.1, 0.15) is 35.9 Å². The summed E-state index contributed by atoms with van der Waals surface area (Å²) in [6.07, 6.45) is 6.39. The second-order valence-electron chi connectivity index (χ2n) is 6.47. The molecule has 1 aliphatic rings. The minimum atomic E-state index is 0.756. The summed E-state index contributed by atoms with van der Waals surface area (Å²) in [6, 6.07) is 0. The Morgan fingerprint density at radius 2 is 2.04 bits per heavy atom. The fourth-order valence-electron chi connectivity index (χ4n) is 3.56. The van der Waals surface area contributed by atoms with Crippen LogP contribution in [0.5, 0.6) is 0 Å². The van der Waals surface area contributed by atoms with Crippen molar-refractivity contribution in [3.63, 3.8) is 0 Å². The lowest BCUT2D eigenvalue weighted by Gasteiger charge is -2.17. The second kappa shape index (κ2) is 5.89. The maximum atomic E-state index is 4.74. The van der Waals surface area contributed by atoms with Crippen molar-refractivity contribution >= 4 is 16.9 Å². The predicted molar refractivity (Wildman–Crippen MR) is 93.1 cm³/mol. The van der Waals surface area contributed by atoms with Crippen LogP contribution >= 0.6 is 0 Å². The fourth-order valence-corrected chi connectivity index (χ4v) is 3.56. The average Bonchev–Trinajstić information content (AvgIpc) is 3.08. The molecular formula is C17H23N7. The van der Waals surface area contributed by atoms with Crippen LogP contribution in [0, 0.1) is 13.8 Å². The number of aryl methyl sites for hydroxylation is 4. The molecule has 0 aliphatic carbocycles. The van der Waals surface area contributed by atoms with E-state index in [4.69, 9.17) is 4.98 Å². The van der Waals surface area contributed by atoms with Crippen LogP contribution in [0.2, 0.25) is 0 Å². The highest BCUT2D eigenvalue weighted by Gasteiger charge is 2.17. The van der Waals surface area contributed by atoms with Crippen molar-refractivity contribution in [3.05, 3.63) is 29.2 Å². The van der Waals surface area contributed by atoms with Crippen molar-refractivity contribution in [2.75, 3.05) is 11.9 Å². The summed E-state index contributed by atoms with van der Waals surface area (Å²) in [4.78, 5) is 13.7. The fraction of sp³-hybridized carbons (Fsp3) is 0.529. The molecule has 7 heteroatoms. The Balaban J connectivity index is 1.53.